The molecule has 1 aliphatic rings. The van der Waals surface area contributed by atoms with E-state index >= 15 is 0 Å². The monoisotopic (exact) mass is 383 g/mol. The van der Waals surface area contributed by atoms with Gasteiger partial charge in [0.05, 0.1) is 17.9 Å². The lowest BCUT2D eigenvalue weighted by Gasteiger charge is -2.35. The summed E-state index contributed by atoms with van der Waals surface area (Å²) in [5.41, 5.74) is 1.85. The van der Waals surface area contributed by atoms with Crippen molar-refractivity contribution in [2.45, 2.75) is 20.8 Å². The zero-order valence-electron chi connectivity index (χ0n) is 16.4. The maximum absolute atomic E-state index is 12.2. The van der Waals surface area contributed by atoms with Gasteiger partial charge in [-0.1, -0.05) is 12.1 Å². The number of nitrogens with zero attached hydrogens (tertiary/aromatic N) is 4. The number of rotatable bonds is 5. The highest BCUT2D eigenvalue weighted by Crippen LogP contribution is 2.22. The van der Waals surface area contributed by atoms with E-state index in [1.54, 1.807) is 32.0 Å². The third-order valence-electron chi connectivity index (χ3n) is 4.56. The summed E-state index contributed by atoms with van der Waals surface area (Å²) < 4.78 is 5.12. The van der Waals surface area contributed by atoms with E-state index in [1.165, 1.54) is 0 Å². The molecule has 0 atom stereocenters. The van der Waals surface area contributed by atoms with Crippen molar-refractivity contribution in [1.82, 2.24) is 14.9 Å². The van der Waals surface area contributed by atoms with Gasteiger partial charge in [-0.25, -0.2) is 9.78 Å². The third-order valence-corrected chi connectivity index (χ3v) is 4.56. The lowest BCUT2D eigenvalue weighted by atomic mass is 10.2. The number of aromatic nitrogens is 2. The van der Waals surface area contributed by atoms with Crippen LogP contribution in [0.5, 0.6) is 0 Å². The molecule has 1 aromatic heterocycles. The maximum Gasteiger partial charge on any atom is 0.340 e. The smallest absolute Gasteiger partial charge is 0.340 e. The Bertz CT molecular complexity index is 863. The van der Waals surface area contributed by atoms with Crippen LogP contribution in [-0.2, 0) is 9.53 Å². The van der Waals surface area contributed by atoms with Gasteiger partial charge < -0.3 is 19.9 Å². The van der Waals surface area contributed by atoms with E-state index in [0.717, 1.165) is 24.6 Å². The maximum atomic E-state index is 12.2. The fourth-order valence-corrected chi connectivity index (χ4v) is 3.12. The van der Waals surface area contributed by atoms with E-state index < -0.39 is 0 Å². The molecule has 1 N–H and O–H groups in total. The number of anilines is 3. The third kappa shape index (κ3) is 4.57. The molecule has 0 unspecified atom stereocenters. The second-order valence-electron chi connectivity index (χ2n) is 6.58. The van der Waals surface area contributed by atoms with Crippen molar-refractivity contribution in [3.05, 3.63) is 41.6 Å². The van der Waals surface area contributed by atoms with Crippen molar-refractivity contribution in [1.29, 1.82) is 0 Å². The first kappa shape index (κ1) is 19.6. The Balaban J connectivity index is 1.80. The normalized spacial score (nSPS) is 14.0. The van der Waals surface area contributed by atoms with Gasteiger partial charge >= 0.3 is 5.97 Å². The number of piperazine rings is 1. The second kappa shape index (κ2) is 8.69. The van der Waals surface area contributed by atoms with Crippen LogP contribution in [0.2, 0.25) is 0 Å². The summed E-state index contributed by atoms with van der Waals surface area (Å²) >= 11 is 0. The number of ether oxygens (including phenoxy) is 1. The molecule has 1 aromatic carbocycles. The molecule has 1 fully saturated rings. The molecule has 0 aliphatic carbocycles. The van der Waals surface area contributed by atoms with Crippen LogP contribution in [0.4, 0.5) is 17.5 Å². The largest absolute Gasteiger partial charge is 0.462 e. The minimum absolute atomic E-state index is 0.0939. The van der Waals surface area contributed by atoms with E-state index in [0.29, 0.717) is 36.9 Å². The van der Waals surface area contributed by atoms with Crippen LogP contribution in [0.15, 0.2) is 30.3 Å². The number of benzene rings is 1. The van der Waals surface area contributed by atoms with Gasteiger partial charge in [-0.15, -0.1) is 0 Å². The van der Waals surface area contributed by atoms with Gasteiger partial charge in [0.15, 0.2) is 0 Å². The van der Waals surface area contributed by atoms with Crippen molar-refractivity contribution in [3.63, 3.8) is 0 Å². The predicted octanol–water partition coefficient (Wildman–Crippen LogP) is 2.37. The lowest BCUT2D eigenvalue weighted by molar-refractivity contribution is -0.129. The van der Waals surface area contributed by atoms with Crippen molar-refractivity contribution in [3.8, 4) is 0 Å². The predicted molar refractivity (Wildman–Crippen MR) is 107 cm³/mol. The molecule has 3 rings (SSSR count). The number of aryl methyl sites for hydroxylation is 1. The summed E-state index contributed by atoms with van der Waals surface area (Å²) in [5.74, 6) is 0.919. The van der Waals surface area contributed by atoms with Crippen LogP contribution >= 0.6 is 0 Å². The van der Waals surface area contributed by atoms with E-state index in [9.17, 15) is 9.59 Å². The Morgan fingerprint density at radius 2 is 1.86 bits per heavy atom. The highest BCUT2D eigenvalue weighted by atomic mass is 16.5. The summed E-state index contributed by atoms with van der Waals surface area (Å²) in [6.07, 6.45) is 0. The topological polar surface area (TPSA) is 87.7 Å². The number of nitrogens with one attached hydrogen (secondary N) is 1. The average Bonchev–Trinajstić information content (AvgIpc) is 2.68. The van der Waals surface area contributed by atoms with Crippen LogP contribution in [0, 0.1) is 6.92 Å². The summed E-state index contributed by atoms with van der Waals surface area (Å²) in [6, 6.07) is 9.05. The molecule has 148 valence electrons. The fraction of sp³-hybridized carbons (Fsp3) is 0.400. The van der Waals surface area contributed by atoms with Crippen LogP contribution in [0.3, 0.4) is 0 Å². The summed E-state index contributed by atoms with van der Waals surface area (Å²) in [4.78, 5) is 36.7. The number of carbonyl (C=O) groups is 2. The molecule has 2 heterocycles. The molecule has 28 heavy (non-hydrogen) atoms. The molecule has 0 radical (unpaired) electrons. The van der Waals surface area contributed by atoms with Gasteiger partial charge in [-0.05, 0) is 26.0 Å². The number of amides is 1. The van der Waals surface area contributed by atoms with Crippen molar-refractivity contribution < 1.29 is 14.3 Å². The van der Waals surface area contributed by atoms with Crippen LogP contribution in [0.1, 0.15) is 29.9 Å². The van der Waals surface area contributed by atoms with Crippen LogP contribution in [-0.4, -0.2) is 59.5 Å². The Morgan fingerprint density at radius 3 is 2.54 bits per heavy atom. The van der Waals surface area contributed by atoms with Gasteiger partial charge in [0.2, 0.25) is 11.9 Å². The van der Waals surface area contributed by atoms with Crippen LogP contribution in [0.25, 0.3) is 0 Å². The Kier molecular flexibility index (Phi) is 6.08. The lowest BCUT2D eigenvalue weighted by Crippen LogP contribution is -2.48. The molecule has 8 nitrogen and oxygen atoms in total. The first-order valence-corrected chi connectivity index (χ1v) is 9.37. The molecular formula is C20H25N5O3. The van der Waals surface area contributed by atoms with E-state index in [-0.39, 0.29) is 11.9 Å². The number of hydrogen-bond donors (Lipinski definition) is 1. The van der Waals surface area contributed by atoms with Crippen LogP contribution < -0.4 is 10.2 Å². The minimum atomic E-state index is -0.390. The molecule has 0 saturated carbocycles. The molecule has 0 bridgehead atoms. The summed E-state index contributed by atoms with van der Waals surface area (Å²) in [6.45, 7) is 8.36. The van der Waals surface area contributed by atoms with Crippen molar-refractivity contribution in [2.75, 3.05) is 43.0 Å². The Hall–Kier alpha value is -3.16. The quantitative estimate of drug-likeness (QED) is 0.793. The summed E-state index contributed by atoms with van der Waals surface area (Å²) in [5, 5.41) is 3.14. The molecular weight excluding hydrogens is 358 g/mol. The molecule has 1 amide bonds. The first-order valence-electron chi connectivity index (χ1n) is 9.37. The standard InChI is InChI=1S/C20H25N5O3/c1-4-28-19(27)16-7-5-6-8-17(16)22-20-21-14(2)13-18(23-20)25-11-9-24(10-12-25)15(3)26/h5-8,13H,4,9-12H2,1-3H3,(H,21,22,23). The number of para-hydroxylation sites is 1. The van der Waals surface area contributed by atoms with Gasteiger partial charge in [-0.2, -0.15) is 4.98 Å². The average molecular weight is 383 g/mol. The van der Waals surface area contributed by atoms with Gasteiger partial charge in [0, 0.05) is 44.9 Å². The Labute approximate surface area is 164 Å². The number of carbonyl (C=O) groups excluding carboxylic acids is 2. The number of esters is 1. The Morgan fingerprint density at radius 1 is 1.14 bits per heavy atom. The van der Waals surface area contributed by atoms with Gasteiger partial charge in [-0.3, -0.25) is 4.79 Å². The van der Waals surface area contributed by atoms with E-state index in [4.69, 9.17) is 4.74 Å². The minimum Gasteiger partial charge on any atom is -0.462 e. The fourth-order valence-electron chi connectivity index (χ4n) is 3.12. The van der Waals surface area contributed by atoms with Gasteiger partial charge in [0.1, 0.15) is 5.82 Å². The molecule has 1 saturated heterocycles. The molecule has 8 heteroatoms. The molecule has 1 aliphatic heterocycles. The van der Waals surface area contributed by atoms with E-state index in [2.05, 4.69) is 20.2 Å². The second-order valence-corrected chi connectivity index (χ2v) is 6.58. The van der Waals surface area contributed by atoms with Crippen molar-refractivity contribution in [2.24, 2.45) is 0 Å². The zero-order chi connectivity index (χ0) is 20.1. The zero-order valence-corrected chi connectivity index (χ0v) is 16.4. The molecule has 0 spiro atoms. The molecule has 2 aromatic rings. The highest BCUT2D eigenvalue weighted by Gasteiger charge is 2.21. The highest BCUT2D eigenvalue weighted by molar-refractivity contribution is 5.96. The number of hydrogen-bond acceptors (Lipinski definition) is 7. The van der Waals surface area contributed by atoms with Gasteiger partial charge in [0.25, 0.3) is 0 Å². The van der Waals surface area contributed by atoms with Crippen molar-refractivity contribution >= 4 is 29.3 Å². The first-order chi connectivity index (χ1) is 13.5. The SMILES string of the molecule is CCOC(=O)c1ccccc1Nc1nc(C)cc(N2CCN(C(C)=O)CC2)n1. The summed E-state index contributed by atoms with van der Waals surface area (Å²) in [7, 11) is 0. The van der Waals surface area contributed by atoms with E-state index in [1.807, 2.05) is 24.0 Å².